The molecule has 3 nitrogen and oxygen atoms in total. The van der Waals surface area contributed by atoms with Gasteiger partial charge in [0.25, 0.3) is 0 Å². The molecule has 1 heterocycles. The van der Waals surface area contributed by atoms with Gasteiger partial charge in [-0.15, -0.1) is 0 Å². The van der Waals surface area contributed by atoms with Crippen LogP contribution in [0.3, 0.4) is 0 Å². The summed E-state index contributed by atoms with van der Waals surface area (Å²) in [7, 11) is 0. The normalized spacial score (nSPS) is 9.00. The maximum Gasteiger partial charge on any atom is 0.309 e. The van der Waals surface area contributed by atoms with Gasteiger partial charge in [0.1, 0.15) is 0 Å². The molecule has 0 fully saturated rings. The van der Waals surface area contributed by atoms with Crippen molar-refractivity contribution in [2.75, 3.05) is 0 Å². The third kappa shape index (κ3) is 1.81. The van der Waals surface area contributed by atoms with Crippen LogP contribution in [-0.4, -0.2) is 10.3 Å². The molecule has 0 aliphatic rings. The second-order valence-electron chi connectivity index (χ2n) is 1.43. The van der Waals surface area contributed by atoms with E-state index in [-0.39, 0.29) is 5.97 Å². The molecule has 9 heavy (non-hydrogen) atoms. The van der Waals surface area contributed by atoms with Gasteiger partial charge in [0, 0.05) is 18.4 Å². The van der Waals surface area contributed by atoms with Crippen LogP contribution in [0.4, 0.5) is 0 Å². The van der Waals surface area contributed by atoms with Crippen LogP contribution in [0.15, 0.2) is 11.4 Å². The van der Waals surface area contributed by atoms with Gasteiger partial charge in [0.05, 0.1) is 0 Å². The van der Waals surface area contributed by atoms with Crippen molar-refractivity contribution >= 4 is 17.5 Å². The summed E-state index contributed by atoms with van der Waals surface area (Å²) in [5.41, 5.74) is 0. The summed E-state index contributed by atoms with van der Waals surface area (Å²) in [4.78, 5) is 10.3. The van der Waals surface area contributed by atoms with Gasteiger partial charge in [-0.1, -0.05) is 0 Å². The second-order valence-corrected chi connectivity index (χ2v) is 2.10. The largest absolute Gasteiger partial charge is 0.407 e. The number of aromatic nitrogens is 1. The lowest BCUT2D eigenvalue weighted by Gasteiger charge is -1.90. The highest BCUT2D eigenvalue weighted by molar-refractivity contribution is 7.03. The van der Waals surface area contributed by atoms with Crippen molar-refractivity contribution in [2.45, 2.75) is 6.92 Å². The first kappa shape index (κ1) is 6.22. The number of carbonyl (C=O) groups excluding carboxylic acids is 1. The predicted molar refractivity (Wildman–Crippen MR) is 33.4 cm³/mol. The molecule has 0 aliphatic heterocycles. The fourth-order valence-corrected chi connectivity index (χ4v) is 0.842. The number of hydrogen-bond donors (Lipinski definition) is 0. The summed E-state index contributed by atoms with van der Waals surface area (Å²) >= 11 is 1.25. The van der Waals surface area contributed by atoms with E-state index >= 15 is 0 Å². The molecule has 0 aliphatic carbocycles. The van der Waals surface area contributed by atoms with Crippen LogP contribution in [-0.2, 0) is 4.79 Å². The van der Waals surface area contributed by atoms with Crippen molar-refractivity contribution in [3.05, 3.63) is 11.4 Å². The van der Waals surface area contributed by atoms with Gasteiger partial charge in [-0.3, -0.25) is 4.79 Å². The Hall–Kier alpha value is -0.900. The van der Waals surface area contributed by atoms with Crippen LogP contribution < -0.4 is 4.74 Å². The van der Waals surface area contributed by atoms with E-state index in [1.165, 1.54) is 18.5 Å². The van der Waals surface area contributed by atoms with Crippen molar-refractivity contribution in [3.63, 3.8) is 0 Å². The van der Waals surface area contributed by atoms with E-state index in [2.05, 4.69) is 9.11 Å². The number of rotatable bonds is 1. The van der Waals surface area contributed by atoms with Crippen LogP contribution in [0, 0.1) is 0 Å². The van der Waals surface area contributed by atoms with Crippen LogP contribution in [0.5, 0.6) is 5.88 Å². The van der Waals surface area contributed by atoms with Gasteiger partial charge in [-0.25, -0.2) is 0 Å². The molecule has 0 radical (unpaired) electrons. The Morgan fingerprint density at radius 2 is 2.67 bits per heavy atom. The zero-order valence-electron chi connectivity index (χ0n) is 4.83. The van der Waals surface area contributed by atoms with Crippen molar-refractivity contribution in [1.29, 1.82) is 0 Å². The molecule has 0 atom stereocenters. The van der Waals surface area contributed by atoms with Crippen LogP contribution in [0.1, 0.15) is 6.92 Å². The predicted octanol–water partition coefficient (Wildman–Crippen LogP) is 1.07. The Morgan fingerprint density at radius 3 is 3.11 bits per heavy atom. The molecule has 0 amide bonds. The minimum absolute atomic E-state index is 0.332. The fourth-order valence-electron chi connectivity index (χ4n) is 0.401. The zero-order chi connectivity index (χ0) is 6.69. The molecule has 0 bridgehead atoms. The minimum atomic E-state index is -0.332. The van der Waals surface area contributed by atoms with Crippen LogP contribution >= 0.6 is 11.5 Å². The lowest BCUT2D eigenvalue weighted by atomic mass is 10.7. The second kappa shape index (κ2) is 2.59. The van der Waals surface area contributed by atoms with Gasteiger partial charge in [-0.2, -0.15) is 4.37 Å². The Bertz CT molecular complexity index is 195. The van der Waals surface area contributed by atoms with Gasteiger partial charge >= 0.3 is 5.97 Å². The Balaban J connectivity index is 2.58. The third-order valence-electron chi connectivity index (χ3n) is 0.662. The Labute approximate surface area is 56.4 Å². The van der Waals surface area contributed by atoms with Gasteiger partial charge in [-0.05, 0) is 11.5 Å². The highest BCUT2D eigenvalue weighted by Gasteiger charge is 1.96. The summed E-state index contributed by atoms with van der Waals surface area (Å²) in [6.07, 6.45) is 0. The molecule has 0 unspecified atom stereocenters. The first-order valence-electron chi connectivity index (χ1n) is 2.38. The Morgan fingerprint density at radius 1 is 1.89 bits per heavy atom. The van der Waals surface area contributed by atoms with E-state index in [1.54, 1.807) is 11.4 Å². The number of hydrogen-bond acceptors (Lipinski definition) is 4. The van der Waals surface area contributed by atoms with E-state index in [9.17, 15) is 4.79 Å². The average Bonchev–Trinajstić information content (AvgIpc) is 2.15. The lowest BCUT2D eigenvalue weighted by Crippen LogP contribution is -2.00. The monoisotopic (exact) mass is 143 g/mol. The number of nitrogens with zero attached hydrogens (tertiary/aromatic N) is 1. The molecule has 1 aromatic rings. The third-order valence-corrected chi connectivity index (χ3v) is 1.21. The molecule has 0 saturated heterocycles. The molecule has 1 aromatic heterocycles. The van der Waals surface area contributed by atoms with Crippen molar-refractivity contribution in [2.24, 2.45) is 0 Å². The molecule has 0 saturated carbocycles. The standard InChI is InChI=1S/C5H5NO2S/c1-4(7)8-5-2-3-9-6-5/h2-3H,1H3. The molecular weight excluding hydrogens is 138 g/mol. The molecule has 0 aromatic carbocycles. The smallest absolute Gasteiger partial charge is 0.309 e. The van der Waals surface area contributed by atoms with Gasteiger partial charge < -0.3 is 4.74 Å². The zero-order valence-corrected chi connectivity index (χ0v) is 5.64. The Kier molecular flexibility index (Phi) is 1.79. The molecule has 48 valence electrons. The molecule has 0 N–H and O–H groups in total. The first-order valence-corrected chi connectivity index (χ1v) is 3.21. The fraction of sp³-hybridized carbons (Fsp3) is 0.200. The SMILES string of the molecule is CC(=O)Oc1ccsn1. The van der Waals surface area contributed by atoms with Crippen molar-refractivity contribution < 1.29 is 9.53 Å². The van der Waals surface area contributed by atoms with Gasteiger partial charge in [0.2, 0.25) is 5.88 Å². The number of carbonyl (C=O) groups is 1. The summed E-state index contributed by atoms with van der Waals surface area (Å²) in [6, 6.07) is 1.64. The summed E-state index contributed by atoms with van der Waals surface area (Å²) in [5.74, 6) is 0.0494. The minimum Gasteiger partial charge on any atom is -0.407 e. The number of esters is 1. The number of ether oxygens (including phenoxy) is 1. The van der Waals surface area contributed by atoms with E-state index < -0.39 is 0 Å². The average molecular weight is 143 g/mol. The molecular formula is C5H5NO2S. The van der Waals surface area contributed by atoms with E-state index in [0.29, 0.717) is 5.88 Å². The van der Waals surface area contributed by atoms with Crippen molar-refractivity contribution in [1.82, 2.24) is 4.37 Å². The maximum atomic E-state index is 10.3. The highest BCUT2D eigenvalue weighted by Crippen LogP contribution is 2.07. The van der Waals surface area contributed by atoms with Crippen LogP contribution in [0.25, 0.3) is 0 Å². The van der Waals surface area contributed by atoms with E-state index in [4.69, 9.17) is 0 Å². The topological polar surface area (TPSA) is 39.2 Å². The summed E-state index contributed by atoms with van der Waals surface area (Å²) in [6.45, 7) is 1.35. The quantitative estimate of drug-likeness (QED) is 0.552. The van der Waals surface area contributed by atoms with E-state index in [0.717, 1.165) is 0 Å². The lowest BCUT2D eigenvalue weighted by molar-refractivity contribution is -0.132. The van der Waals surface area contributed by atoms with Gasteiger partial charge in [0.15, 0.2) is 0 Å². The molecule has 4 heteroatoms. The van der Waals surface area contributed by atoms with Crippen LogP contribution in [0.2, 0.25) is 0 Å². The first-order chi connectivity index (χ1) is 4.29. The van der Waals surface area contributed by atoms with Crippen molar-refractivity contribution in [3.8, 4) is 5.88 Å². The molecule has 1 rings (SSSR count). The summed E-state index contributed by atoms with van der Waals surface area (Å²) in [5, 5.41) is 1.75. The maximum absolute atomic E-state index is 10.3. The summed E-state index contributed by atoms with van der Waals surface area (Å²) < 4.78 is 8.37. The molecule has 0 spiro atoms. The highest BCUT2D eigenvalue weighted by atomic mass is 32.1. The van der Waals surface area contributed by atoms with E-state index in [1.807, 2.05) is 0 Å².